The third-order valence-electron chi connectivity index (χ3n) is 3.97. The average Bonchev–Trinajstić information content (AvgIpc) is 2.78. The highest BCUT2D eigenvalue weighted by molar-refractivity contribution is 5.75. The Kier molecular flexibility index (Phi) is 4.44. The van der Waals surface area contributed by atoms with Crippen molar-refractivity contribution in [3.63, 3.8) is 0 Å². The van der Waals surface area contributed by atoms with Crippen LogP contribution < -0.4 is 5.32 Å². The van der Waals surface area contributed by atoms with E-state index in [1.165, 1.54) is 19.3 Å². The maximum absolute atomic E-state index is 12.0. The van der Waals surface area contributed by atoms with Crippen molar-refractivity contribution in [1.82, 2.24) is 10.2 Å². The number of nitrogens with one attached hydrogen (secondary N) is 1. The molecule has 2 aliphatic rings. The summed E-state index contributed by atoms with van der Waals surface area (Å²) in [6.07, 6.45) is 6.82. The van der Waals surface area contributed by atoms with Crippen molar-refractivity contribution in [1.29, 1.82) is 0 Å². The van der Waals surface area contributed by atoms with Gasteiger partial charge in [0.1, 0.15) is 0 Å². The van der Waals surface area contributed by atoms with Crippen LogP contribution in [0, 0.1) is 5.92 Å². The number of carbonyl (C=O) groups excluding carboxylic acids is 1. The Morgan fingerprint density at radius 2 is 1.89 bits per heavy atom. The standard InChI is InChI=1S/C13H22N2O3/c16-12(17)8-10-6-7-15(9-10)13(18)14-11-4-2-1-3-5-11/h10-11H,1-9H2,(H,14,18)(H,16,17). The maximum atomic E-state index is 12.0. The summed E-state index contributed by atoms with van der Waals surface area (Å²) in [5.41, 5.74) is 0. The smallest absolute Gasteiger partial charge is 0.317 e. The van der Waals surface area contributed by atoms with E-state index < -0.39 is 5.97 Å². The molecular weight excluding hydrogens is 232 g/mol. The van der Waals surface area contributed by atoms with Gasteiger partial charge in [0.25, 0.3) is 0 Å². The summed E-state index contributed by atoms with van der Waals surface area (Å²) in [4.78, 5) is 24.4. The number of urea groups is 1. The zero-order valence-corrected chi connectivity index (χ0v) is 10.7. The van der Waals surface area contributed by atoms with E-state index in [4.69, 9.17) is 5.11 Å². The second-order valence-electron chi connectivity index (χ2n) is 5.48. The van der Waals surface area contributed by atoms with Crippen LogP contribution in [0.3, 0.4) is 0 Å². The lowest BCUT2D eigenvalue weighted by atomic mass is 9.96. The predicted octanol–water partition coefficient (Wildman–Crippen LogP) is 1.83. The molecule has 2 N–H and O–H groups in total. The van der Waals surface area contributed by atoms with Gasteiger partial charge in [-0.05, 0) is 25.2 Å². The number of carboxylic acid groups (broad SMARTS) is 1. The molecule has 1 aliphatic carbocycles. The second-order valence-corrected chi connectivity index (χ2v) is 5.48. The lowest BCUT2D eigenvalue weighted by molar-refractivity contribution is -0.138. The average molecular weight is 254 g/mol. The van der Waals surface area contributed by atoms with Gasteiger partial charge in [-0.25, -0.2) is 4.79 Å². The number of hydrogen-bond donors (Lipinski definition) is 2. The molecule has 1 saturated heterocycles. The first-order chi connectivity index (χ1) is 8.65. The Morgan fingerprint density at radius 1 is 1.17 bits per heavy atom. The van der Waals surface area contributed by atoms with Gasteiger partial charge in [-0.1, -0.05) is 19.3 Å². The normalized spacial score (nSPS) is 25.1. The van der Waals surface area contributed by atoms with Crippen molar-refractivity contribution in [3.8, 4) is 0 Å². The molecule has 0 aromatic carbocycles. The fraction of sp³-hybridized carbons (Fsp3) is 0.846. The Labute approximate surface area is 108 Å². The van der Waals surface area contributed by atoms with Crippen LogP contribution in [0.5, 0.6) is 0 Å². The third-order valence-corrected chi connectivity index (χ3v) is 3.97. The van der Waals surface area contributed by atoms with Gasteiger partial charge in [0.2, 0.25) is 0 Å². The van der Waals surface area contributed by atoms with E-state index in [0.717, 1.165) is 19.3 Å². The predicted molar refractivity (Wildman–Crippen MR) is 67.3 cm³/mol. The Balaban J connectivity index is 1.74. The van der Waals surface area contributed by atoms with E-state index >= 15 is 0 Å². The summed E-state index contributed by atoms with van der Waals surface area (Å²) in [6, 6.07) is 0.319. The van der Waals surface area contributed by atoms with Gasteiger partial charge in [0, 0.05) is 25.6 Å². The van der Waals surface area contributed by atoms with Gasteiger partial charge < -0.3 is 15.3 Å². The van der Waals surface area contributed by atoms with Gasteiger partial charge in [-0.3, -0.25) is 4.79 Å². The molecule has 1 aliphatic heterocycles. The summed E-state index contributed by atoms with van der Waals surface area (Å²) in [6.45, 7) is 1.28. The number of likely N-dealkylation sites (tertiary alicyclic amines) is 1. The minimum absolute atomic E-state index is 0.00483. The molecule has 1 unspecified atom stereocenters. The molecule has 2 amide bonds. The highest BCUT2D eigenvalue weighted by Crippen LogP contribution is 2.21. The number of carbonyl (C=O) groups is 2. The van der Waals surface area contributed by atoms with Gasteiger partial charge in [0.15, 0.2) is 0 Å². The topological polar surface area (TPSA) is 69.6 Å². The summed E-state index contributed by atoms with van der Waals surface area (Å²) >= 11 is 0. The maximum Gasteiger partial charge on any atom is 0.317 e. The van der Waals surface area contributed by atoms with E-state index in [1.807, 2.05) is 0 Å². The summed E-state index contributed by atoms with van der Waals surface area (Å²) in [7, 11) is 0. The van der Waals surface area contributed by atoms with Crippen molar-refractivity contribution in [3.05, 3.63) is 0 Å². The third kappa shape index (κ3) is 3.62. The van der Waals surface area contributed by atoms with E-state index in [0.29, 0.717) is 19.1 Å². The second kappa shape index (κ2) is 6.07. The van der Waals surface area contributed by atoms with Crippen LogP contribution in [-0.2, 0) is 4.79 Å². The Morgan fingerprint density at radius 3 is 2.56 bits per heavy atom. The first-order valence-electron chi connectivity index (χ1n) is 6.92. The lowest BCUT2D eigenvalue weighted by Gasteiger charge is -2.26. The van der Waals surface area contributed by atoms with Gasteiger partial charge >= 0.3 is 12.0 Å². The molecule has 102 valence electrons. The zero-order valence-electron chi connectivity index (χ0n) is 10.7. The highest BCUT2D eigenvalue weighted by atomic mass is 16.4. The van der Waals surface area contributed by atoms with Crippen molar-refractivity contribution in [2.45, 2.75) is 51.0 Å². The fourth-order valence-corrected chi connectivity index (χ4v) is 2.94. The van der Waals surface area contributed by atoms with Crippen LogP contribution in [0.25, 0.3) is 0 Å². The van der Waals surface area contributed by atoms with Crippen molar-refractivity contribution in [2.75, 3.05) is 13.1 Å². The van der Waals surface area contributed by atoms with Crippen molar-refractivity contribution < 1.29 is 14.7 Å². The minimum atomic E-state index is -0.769. The molecule has 18 heavy (non-hydrogen) atoms. The quantitative estimate of drug-likeness (QED) is 0.807. The molecule has 5 heteroatoms. The number of hydrogen-bond acceptors (Lipinski definition) is 2. The SMILES string of the molecule is O=C(O)CC1CCN(C(=O)NC2CCCCC2)C1. The lowest BCUT2D eigenvalue weighted by Crippen LogP contribution is -2.44. The largest absolute Gasteiger partial charge is 0.481 e. The van der Waals surface area contributed by atoms with Crippen molar-refractivity contribution in [2.24, 2.45) is 5.92 Å². The zero-order chi connectivity index (χ0) is 13.0. The molecule has 0 spiro atoms. The molecule has 0 radical (unpaired) electrons. The molecule has 1 saturated carbocycles. The van der Waals surface area contributed by atoms with Crippen LogP contribution in [-0.4, -0.2) is 41.1 Å². The molecule has 1 heterocycles. The first-order valence-corrected chi connectivity index (χ1v) is 6.92. The van der Waals surface area contributed by atoms with E-state index in [2.05, 4.69) is 5.32 Å². The van der Waals surface area contributed by atoms with Crippen molar-refractivity contribution >= 4 is 12.0 Å². The Hall–Kier alpha value is -1.26. The van der Waals surface area contributed by atoms with Gasteiger partial charge in [0.05, 0.1) is 0 Å². The summed E-state index contributed by atoms with van der Waals surface area (Å²) < 4.78 is 0. The number of rotatable bonds is 3. The van der Waals surface area contributed by atoms with Gasteiger partial charge in [-0.15, -0.1) is 0 Å². The van der Waals surface area contributed by atoms with Crippen LogP contribution in [0.2, 0.25) is 0 Å². The monoisotopic (exact) mass is 254 g/mol. The first kappa shape index (κ1) is 13.2. The van der Waals surface area contributed by atoms with Crippen LogP contribution in [0.4, 0.5) is 4.79 Å². The summed E-state index contributed by atoms with van der Waals surface area (Å²) in [5, 5.41) is 11.8. The molecule has 5 nitrogen and oxygen atoms in total. The fourth-order valence-electron chi connectivity index (χ4n) is 2.94. The molecule has 0 bridgehead atoms. The molecule has 2 fully saturated rings. The number of aliphatic carboxylic acids is 1. The van der Waals surface area contributed by atoms with E-state index in [9.17, 15) is 9.59 Å². The molecule has 0 aromatic rings. The number of nitrogens with zero attached hydrogens (tertiary/aromatic N) is 1. The van der Waals surface area contributed by atoms with Gasteiger partial charge in [-0.2, -0.15) is 0 Å². The molecule has 1 atom stereocenters. The van der Waals surface area contributed by atoms with E-state index in [-0.39, 0.29) is 18.4 Å². The molecule has 0 aromatic heterocycles. The van der Waals surface area contributed by atoms with Crippen LogP contribution >= 0.6 is 0 Å². The number of amides is 2. The summed E-state index contributed by atoms with van der Waals surface area (Å²) in [5.74, 6) is -0.644. The number of carboxylic acids is 1. The Bertz CT molecular complexity index is 313. The van der Waals surface area contributed by atoms with Crippen LogP contribution in [0.1, 0.15) is 44.9 Å². The van der Waals surface area contributed by atoms with E-state index in [1.54, 1.807) is 4.90 Å². The molecule has 2 rings (SSSR count). The molecular formula is C13H22N2O3. The van der Waals surface area contributed by atoms with Crippen LogP contribution in [0.15, 0.2) is 0 Å². The highest BCUT2D eigenvalue weighted by Gasteiger charge is 2.28. The minimum Gasteiger partial charge on any atom is -0.481 e.